The molecular formula is C51H88O4. The second kappa shape index (κ2) is 37.8. The highest BCUT2D eigenvalue weighted by atomic mass is 16.5. The first-order chi connectivity index (χ1) is 27.3. The molecule has 0 unspecified atom stereocenters. The average Bonchev–Trinajstić information content (AvgIpc) is 3.21. The van der Waals surface area contributed by atoms with Crippen LogP contribution in [0.15, 0.2) is 60.7 Å². The Kier molecular flexibility index (Phi) is 34.0. The maximum atomic E-state index is 6.45. The van der Waals surface area contributed by atoms with E-state index in [4.69, 9.17) is 18.9 Å². The number of benzene rings is 2. The van der Waals surface area contributed by atoms with Crippen molar-refractivity contribution < 1.29 is 18.9 Å². The molecule has 4 heteroatoms. The second-order valence-corrected chi connectivity index (χ2v) is 16.8. The van der Waals surface area contributed by atoms with Crippen molar-refractivity contribution >= 4 is 0 Å². The first-order valence-corrected chi connectivity index (χ1v) is 23.7. The summed E-state index contributed by atoms with van der Waals surface area (Å²) in [5.41, 5.74) is 2.02. The first-order valence-electron chi connectivity index (χ1n) is 23.7. The van der Waals surface area contributed by atoms with Gasteiger partial charge in [0.1, 0.15) is 0 Å². The summed E-state index contributed by atoms with van der Waals surface area (Å²) in [6, 6.07) is 20.9. The number of ether oxygens (including phenoxy) is 4. The van der Waals surface area contributed by atoms with Crippen molar-refractivity contribution in [2.24, 2.45) is 5.41 Å². The van der Waals surface area contributed by atoms with E-state index in [0.717, 1.165) is 26.1 Å². The van der Waals surface area contributed by atoms with Gasteiger partial charge in [0.25, 0.3) is 0 Å². The molecule has 0 bridgehead atoms. The van der Waals surface area contributed by atoms with Gasteiger partial charge in [0.05, 0.1) is 45.1 Å². The molecule has 0 aliphatic heterocycles. The summed E-state index contributed by atoms with van der Waals surface area (Å²) < 4.78 is 25.7. The van der Waals surface area contributed by atoms with E-state index in [0.29, 0.717) is 39.6 Å². The maximum absolute atomic E-state index is 6.45. The Labute approximate surface area is 341 Å². The minimum atomic E-state index is -0.352. The molecule has 0 N–H and O–H groups in total. The van der Waals surface area contributed by atoms with Crippen molar-refractivity contribution in [1.82, 2.24) is 0 Å². The van der Waals surface area contributed by atoms with Gasteiger partial charge < -0.3 is 18.9 Å². The average molecular weight is 765 g/mol. The summed E-state index contributed by atoms with van der Waals surface area (Å²) in [6.45, 7) is 9.62. The summed E-state index contributed by atoms with van der Waals surface area (Å²) in [5.74, 6) is 0. The van der Waals surface area contributed by atoms with Gasteiger partial charge in [0.15, 0.2) is 0 Å². The number of hydrogen-bond donors (Lipinski definition) is 0. The van der Waals surface area contributed by atoms with Gasteiger partial charge in [-0.1, -0.05) is 241 Å². The van der Waals surface area contributed by atoms with Crippen LogP contribution in [0, 0.1) is 5.41 Å². The van der Waals surface area contributed by atoms with Gasteiger partial charge in [0.2, 0.25) is 0 Å². The predicted octanol–water partition coefficient (Wildman–Crippen LogP) is 15.4. The lowest BCUT2D eigenvalue weighted by molar-refractivity contribution is -0.112. The lowest BCUT2D eigenvalue weighted by Gasteiger charge is -2.33. The Morgan fingerprint density at radius 3 is 0.855 bits per heavy atom. The van der Waals surface area contributed by atoms with Crippen LogP contribution < -0.4 is 0 Å². The molecule has 2 aromatic rings. The van der Waals surface area contributed by atoms with E-state index in [2.05, 4.69) is 74.5 Å². The van der Waals surface area contributed by atoms with Gasteiger partial charge in [-0.15, -0.1) is 0 Å². The van der Waals surface area contributed by atoms with Crippen molar-refractivity contribution in [1.29, 1.82) is 0 Å². The zero-order valence-electron chi connectivity index (χ0n) is 36.4. The molecule has 0 radical (unpaired) electrons. The van der Waals surface area contributed by atoms with Gasteiger partial charge in [-0.3, -0.25) is 0 Å². The minimum absolute atomic E-state index is 0.352. The molecule has 0 aliphatic carbocycles. The Morgan fingerprint density at radius 2 is 0.564 bits per heavy atom. The first kappa shape index (κ1) is 49.4. The molecule has 55 heavy (non-hydrogen) atoms. The van der Waals surface area contributed by atoms with Gasteiger partial charge in [-0.05, 0) is 24.0 Å². The lowest BCUT2D eigenvalue weighted by atomic mass is 9.92. The van der Waals surface area contributed by atoms with Crippen LogP contribution in [0.1, 0.15) is 205 Å². The monoisotopic (exact) mass is 765 g/mol. The van der Waals surface area contributed by atoms with Crippen LogP contribution in [0.5, 0.6) is 0 Å². The molecule has 0 fully saturated rings. The number of hydrogen-bond acceptors (Lipinski definition) is 4. The lowest BCUT2D eigenvalue weighted by Crippen LogP contribution is -2.42. The van der Waals surface area contributed by atoms with Crippen LogP contribution >= 0.6 is 0 Å². The smallest absolute Gasteiger partial charge is 0.0717 e. The van der Waals surface area contributed by atoms with Crippen LogP contribution in [0.4, 0.5) is 0 Å². The van der Waals surface area contributed by atoms with Gasteiger partial charge in [0, 0.05) is 13.2 Å². The van der Waals surface area contributed by atoms with Gasteiger partial charge >= 0.3 is 0 Å². The van der Waals surface area contributed by atoms with Crippen molar-refractivity contribution in [3.8, 4) is 0 Å². The molecule has 0 aliphatic rings. The van der Waals surface area contributed by atoms with E-state index in [9.17, 15) is 0 Å². The fourth-order valence-corrected chi connectivity index (χ4v) is 7.54. The summed E-state index contributed by atoms with van der Waals surface area (Å²) >= 11 is 0. The highest BCUT2D eigenvalue weighted by molar-refractivity contribution is 5.14. The van der Waals surface area contributed by atoms with Crippen molar-refractivity contribution in [3.63, 3.8) is 0 Å². The maximum Gasteiger partial charge on any atom is 0.0717 e. The normalized spacial score (nSPS) is 11.8. The zero-order chi connectivity index (χ0) is 39.0. The third kappa shape index (κ3) is 30.1. The molecule has 0 aromatic heterocycles. The molecule has 0 saturated carbocycles. The topological polar surface area (TPSA) is 36.9 Å². The molecule has 0 spiro atoms. The van der Waals surface area contributed by atoms with E-state index in [1.165, 1.54) is 178 Å². The van der Waals surface area contributed by atoms with E-state index in [1.807, 2.05) is 0 Å². The Bertz CT molecular complexity index is 944. The van der Waals surface area contributed by atoms with E-state index in [1.54, 1.807) is 0 Å². The molecular weight excluding hydrogens is 677 g/mol. The Balaban J connectivity index is 1.73. The van der Waals surface area contributed by atoms with E-state index < -0.39 is 0 Å². The zero-order valence-corrected chi connectivity index (χ0v) is 36.4. The summed E-state index contributed by atoms with van der Waals surface area (Å²) in [4.78, 5) is 0. The fourth-order valence-electron chi connectivity index (χ4n) is 7.54. The quantitative estimate of drug-likeness (QED) is 0.0631. The molecule has 2 aromatic carbocycles. The predicted molar refractivity (Wildman–Crippen MR) is 237 cm³/mol. The molecule has 0 amide bonds. The van der Waals surface area contributed by atoms with Crippen molar-refractivity contribution in [2.75, 3.05) is 39.6 Å². The summed E-state index contributed by atoms with van der Waals surface area (Å²) in [6.07, 6.45) is 38.3. The molecule has 4 nitrogen and oxygen atoms in total. The summed E-state index contributed by atoms with van der Waals surface area (Å²) in [5, 5.41) is 0. The minimum Gasteiger partial charge on any atom is -0.381 e. The Hall–Kier alpha value is -1.72. The van der Waals surface area contributed by atoms with Crippen LogP contribution in [0.2, 0.25) is 0 Å². The van der Waals surface area contributed by atoms with Crippen LogP contribution in [0.3, 0.4) is 0 Å². The van der Waals surface area contributed by atoms with E-state index >= 15 is 0 Å². The standard InChI is InChI=1S/C51H88O4/c1-3-5-7-9-11-13-15-17-19-21-23-25-27-35-41-52-45-51(47-54-43-49-37-31-29-32-38-49,48-55-44-50-39-33-30-34-40-50)46-53-42-36-28-26-24-22-20-18-16-14-12-10-8-6-4-2/h29-34,37-40H,3-28,35-36,41-48H2,1-2H3. The van der Waals surface area contributed by atoms with Gasteiger partial charge in [-0.2, -0.15) is 0 Å². The largest absolute Gasteiger partial charge is 0.381 e. The van der Waals surface area contributed by atoms with Crippen LogP contribution in [-0.4, -0.2) is 39.6 Å². The van der Waals surface area contributed by atoms with Crippen molar-refractivity contribution in [3.05, 3.63) is 71.8 Å². The Morgan fingerprint density at radius 1 is 0.309 bits per heavy atom. The third-order valence-corrected chi connectivity index (χ3v) is 11.1. The van der Waals surface area contributed by atoms with Crippen LogP contribution in [-0.2, 0) is 32.2 Å². The number of rotatable bonds is 42. The van der Waals surface area contributed by atoms with Crippen molar-refractivity contribution in [2.45, 2.75) is 207 Å². The third-order valence-electron chi connectivity index (χ3n) is 11.1. The molecule has 2 rings (SSSR count). The highest BCUT2D eigenvalue weighted by Crippen LogP contribution is 2.24. The molecule has 0 atom stereocenters. The SMILES string of the molecule is CCCCCCCCCCCCCCCCOCC(COCCCCCCCCCCCCCCCC)(COCc1ccccc1)COCc1ccccc1. The fraction of sp³-hybridized carbons (Fsp3) is 0.765. The highest BCUT2D eigenvalue weighted by Gasteiger charge is 2.32. The molecule has 0 heterocycles. The van der Waals surface area contributed by atoms with E-state index in [-0.39, 0.29) is 5.41 Å². The second-order valence-electron chi connectivity index (χ2n) is 16.8. The number of unbranched alkanes of at least 4 members (excludes halogenated alkanes) is 26. The van der Waals surface area contributed by atoms with Gasteiger partial charge in [-0.25, -0.2) is 0 Å². The van der Waals surface area contributed by atoms with Crippen LogP contribution in [0.25, 0.3) is 0 Å². The molecule has 316 valence electrons. The summed E-state index contributed by atoms with van der Waals surface area (Å²) in [7, 11) is 0. The molecule has 0 saturated heterocycles.